The molecule has 104 valence electrons. The fraction of sp³-hybridized carbons (Fsp3) is 0.188. The van der Waals surface area contributed by atoms with Gasteiger partial charge in [-0.15, -0.1) is 0 Å². The van der Waals surface area contributed by atoms with Crippen molar-refractivity contribution in [2.24, 2.45) is 0 Å². The number of hydrogen-bond donors (Lipinski definition) is 2. The van der Waals surface area contributed by atoms with E-state index < -0.39 is 5.97 Å². The summed E-state index contributed by atoms with van der Waals surface area (Å²) in [6.07, 6.45) is 0. The van der Waals surface area contributed by atoms with E-state index >= 15 is 0 Å². The van der Waals surface area contributed by atoms with Gasteiger partial charge in [-0.05, 0) is 36.8 Å². The van der Waals surface area contributed by atoms with Gasteiger partial charge in [-0.2, -0.15) is 0 Å². The molecule has 0 amide bonds. The number of phenolic OH excluding ortho intramolecular Hbond substituents is 1. The largest absolute Gasteiger partial charge is 0.508 e. The Hall–Kier alpha value is -2.49. The lowest BCUT2D eigenvalue weighted by molar-refractivity contribution is -0.135. The van der Waals surface area contributed by atoms with Crippen molar-refractivity contribution in [1.29, 1.82) is 0 Å². The third-order valence-electron chi connectivity index (χ3n) is 3.21. The molecule has 0 bridgehead atoms. The number of carboxylic acid groups (broad SMARTS) is 1. The van der Waals surface area contributed by atoms with Crippen molar-refractivity contribution in [1.82, 2.24) is 0 Å². The zero-order valence-corrected chi connectivity index (χ0v) is 11.2. The molecule has 4 heteroatoms. The third-order valence-corrected chi connectivity index (χ3v) is 3.21. The first kappa shape index (κ1) is 13.9. The van der Waals surface area contributed by atoms with Crippen LogP contribution < -0.4 is 4.90 Å². The molecule has 0 spiro atoms. The minimum atomic E-state index is -0.888. The summed E-state index contributed by atoms with van der Waals surface area (Å²) < 4.78 is 0. The minimum absolute atomic E-state index is 0.0964. The molecule has 0 aliphatic heterocycles. The van der Waals surface area contributed by atoms with E-state index in [9.17, 15) is 9.90 Å². The van der Waals surface area contributed by atoms with Crippen molar-refractivity contribution in [3.05, 3.63) is 60.2 Å². The summed E-state index contributed by atoms with van der Waals surface area (Å²) in [6, 6.07) is 16.1. The number of aliphatic carboxylic acids is 1. The second-order valence-corrected chi connectivity index (χ2v) is 4.63. The zero-order valence-electron chi connectivity index (χ0n) is 11.2. The Labute approximate surface area is 117 Å². The van der Waals surface area contributed by atoms with E-state index in [0.717, 1.165) is 11.3 Å². The van der Waals surface area contributed by atoms with Crippen LogP contribution >= 0.6 is 0 Å². The number of aromatic hydroxyl groups is 1. The Morgan fingerprint density at radius 1 is 1.15 bits per heavy atom. The molecule has 0 aliphatic rings. The van der Waals surface area contributed by atoms with Crippen LogP contribution in [0.1, 0.15) is 18.5 Å². The van der Waals surface area contributed by atoms with Gasteiger partial charge < -0.3 is 15.1 Å². The predicted octanol–water partition coefficient (Wildman–Crippen LogP) is 3.04. The number of benzene rings is 2. The standard InChI is InChI=1S/C16H17NO3/c1-12(13-6-5-9-15(18)10-13)17(11-16(19)20)14-7-3-2-4-8-14/h2-10,12,18H,11H2,1H3,(H,19,20). The molecule has 2 rings (SSSR count). The Bertz CT molecular complexity index is 583. The number of rotatable bonds is 5. The minimum Gasteiger partial charge on any atom is -0.508 e. The van der Waals surface area contributed by atoms with Crippen molar-refractivity contribution in [3.8, 4) is 5.75 Å². The first-order valence-corrected chi connectivity index (χ1v) is 6.40. The summed E-state index contributed by atoms with van der Waals surface area (Å²) >= 11 is 0. The summed E-state index contributed by atoms with van der Waals surface area (Å²) in [4.78, 5) is 12.9. The van der Waals surface area contributed by atoms with Gasteiger partial charge >= 0.3 is 5.97 Å². The molecule has 2 aromatic rings. The highest BCUT2D eigenvalue weighted by molar-refractivity contribution is 5.74. The lowest BCUT2D eigenvalue weighted by atomic mass is 10.1. The average molecular weight is 271 g/mol. The van der Waals surface area contributed by atoms with Gasteiger partial charge in [0, 0.05) is 5.69 Å². The van der Waals surface area contributed by atoms with Crippen molar-refractivity contribution >= 4 is 11.7 Å². The number of hydrogen-bond acceptors (Lipinski definition) is 3. The molecule has 2 aromatic carbocycles. The molecule has 0 saturated heterocycles. The number of carboxylic acids is 1. The summed E-state index contributed by atoms with van der Waals surface area (Å²) in [5.74, 6) is -0.710. The van der Waals surface area contributed by atoms with Gasteiger partial charge in [0.2, 0.25) is 0 Å². The van der Waals surface area contributed by atoms with Gasteiger partial charge in [-0.1, -0.05) is 30.3 Å². The average Bonchev–Trinajstić information content (AvgIpc) is 2.45. The molecular formula is C16H17NO3. The molecular weight excluding hydrogens is 254 g/mol. The smallest absolute Gasteiger partial charge is 0.323 e. The van der Waals surface area contributed by atoms with Crippen LogP contribution in [0.4, 0.5) is 5.69 Å². The molecule has 2 N–H and O–H groups in total. The highest BCUT2D eigenvalue weighted by Gasteiger charge is 2.19. The quantitative estimate of drug-likeness (QED) is 0.877. The number of para-hydroxylation sites is 1. The fourth-order valence-corrected chi connectivity index (χ4v) is 2.18. The Morgan fingerprint density at radius 2 is 1.85 bits per heavy atom. The number of anilines is 1. The number of phenols is 1. The van der Waals surface area contributed by atoms with Crippen LogP contribution in [-0.4, -0.2) is 22.7 Å². The molecule has 0 saturated carbocycles. The molecule has 1 unspecified atom stereocenters. The third kappa shape index (κ3) is 3.29. The van der Waals surface area contributed by atoms with Gasteiger partial charge in [-0.3, -0.25) is 4.79 Å². The number of carbonyl (C=O) groups is 1. The van der Waals surface area contributed by atoms with Crippen molar-refractivity contribution in [2.45, 2.75) is 13.0 Å². The van der Waals surface area contributed by atoms with E-state index in [1.807, 2.05) is 43.3 Å². The van der Waals surface area contributed by atoms with Gasteiger partial charge in [0.25, 0.3) is 0 Å². The molecule has 1 atom stereocenters. The van der Waals surface area contributed by atoms with Crippen molar-refractivity contribution in [2.75, 3.05) is 11.4 Å². The maximum absolute atomic E-state index is 11.1. The van der Waals surface area contributed by atoms with Crippen LogP contribution in [0, 0.1) is 0 Å². The van der Waals surface area contributed by atoms with Crippen molar-refractivity contribution in [3.63, 3.8) is 0 Å². The normalized spacial score (nSPS) is 11.8. The van der Waals surface area contributed by atoms with Crippen LogP contribution in [0.2, 0.25) is 0 Å². The SMILES string of the molecule is CC(c1cccc(O)c1)N(CC(=O)O)c1ccccc1. The Morgan fingerprint density at radius 3 is 2.45 bits per heavy atom. The van der Waals surface area contributed by atoms with Crippen LogP contribution in [0.5, 0.6) is 5.75 Å². The number of nitrogens with zero attached hydrogens (tertiary/aromatic N) is 1. The summed E-state index contributed by atoms with van der Waals surface area (Å²) in [5.41, 5.74) is 1.71. The first-order valence-electron chi connectivity index (χ1n) is 6.40. The highest BCUT2D eigenvalue weighted by Crippen LogP contribution is 2.28. The second kappa shape index (κ2) is 6.10. The molecule has 0 aromatic heterocycles. The van der Waals surface area contributed by atoms with E-state index in [0.29, 0.717) is 0 Å². The lowest BCUT2D eigenvalue weighted by Gasteiger charge is -2.30. The van der Waals surface area contributed by atoms with Gasteiger partial charge in [-0.25, -0.2) is 0 Å². The zero-order chi connectivity index (χ0) is 14.5. The summed E-state index contributed by atoms with van der Waals surface area (Å²) in [7, 11) is 0. The topological polar surface area (TPSA) is 60.8 Å². The van der Waals surface area contributed by atoms with E-state index in [4.69, 9.17) is 5.11 Å². The lowest BCUT2D eigenvalue weighted by Crippen LogP contribution is -2.32. The van der Waals surface area contributed by atoms with E-state index in [1.54, 1.807) is 23.1 Å². The van der Waals surface area contributed by atoms with Crippen LogP contribution in [0.15, 0.2) is 54.6 Å². The highest BCUT2D eigenvalue weighted by atomic mass is 16.4. The van der Waals surface area contributed by atoms with Gasteiger partial charge in [0.05, 0.1) is 6.04 Å². The Kier molecular flexibility index (Phi) is 4.25. The first-order chi connectivity index (χ1) is 9.58. The maximum Gasteiger partial charge on any atom is 0.323 e. The molecule has 4 nitrogen and oxygen atoms in total. The maximum atomic E-state index is 11.1. The van der Waals surface area contributed by atoms with E-state index in [1.165, 1.54) is 0 Å². The summed E-state index contributed by atoms with van der Waals surface area (Å²) in [5, 5.41) is 18.7. The molecule has 20 heavy (non-hydrogen) atoms. The van der Waals surface area contributed by atoms with Crippen LogP contribution in [-0.2, 0) is 4.79 Å². The monoisotopic (exact) mass is 271 g/mol. The summed E-state index contributed by atoms with van der Waals surface area (Å²) in [6.45, 7) is 1.82. The van der Waals surface area contributed by atoms with Crippen LogP contribution in [0.3, 0.4) is 0 Å². The second-order valence-electron chi connectivity index (χ2n) is 4.63. The van der Waals surface area contributed by atoms with E-state index in [-0.39, 0.29) is 18.3 Å². The molecule has 0 radical (unpaired) electrons. The molecule has 0 fully saturated rings. The molecule has 0 aliphatic carbocycles. The fourth-order valence-electron chi connectivity index (χ4n) is 2.18. The van der Waals surface area contributed by atoms with Crippen LogP contribution in [0.25, 0.3) is 0 Å². The van der Waals surface area contributed by atoms with Crippen molar-refractivity contribution < 1.29 is 15.0 Å². The van der Waals surface area contributed by atoms with E-state index in [2.05, 4.69) is 0 Å². The van der Waals surface area contributed by atoms with Gasteiger partial charge in [0.1, 0.15) is 12.3 Å². The molecule has 0 heterocycles. The van der Waals surface area contributed by atoms with Gasteiger partial charge in [0.15, 0.2) is 0 Å². The Balaban J connectivity index is 2.33. The predicted molar refractivity (Wildman–Crippen MR) is 77.9 cm³/mol.